The number of ketones is 1. The van der Waals surface area contributed by atoms with E-state index in [1.165, 1.54) is 6.07 Å². The van der Waals surface area contributed by atoms with Crippen molar-refractivity contribution < 1.29 is 34.4 Å². The predicted molar refractivity (Wildman–Crippen MR) is 132 cm³/mol. The van der Waals surface area contributed by atoms with Gasteiger partial charge in [0.25, 0.3) is 0 Å². The number of carbonyl (C=O) groups is 3. The smallest absolute Gasteiger partial charge is 0.352 e. The van der Waals surface area contributed by atoms with Crippen molar-refractivity contribution in [2.24, 2.45) is 23.2 Å². The van der Waals surface area contributed by atoms with Gasteiger partial charge in [-0.1, -0.05) is 37.6 Å². The Labute approximate surface area is 207 Å². The van der Waals surface area contributed by atoms with E-state index < -0.39 is 23.6 Å². The van der Waals surface area contributed by atoms with Crippen LogP contribution in [0.1, 0.15) is 70.3 Å². The molecule has 194 valence electrons. The van der Waals surface area contributed by atoms with Crippen molar-refractivity contribution in [1.29, 1.82) is 0 Å². The van der Waals surface area contributed by atoms with Crippen LogP contribution in [0.25, 0.3) is 0 Å². The van der Waals surface area contributed by atoms with E-state index >= 15 is 0 Å². The van der Waals surface area contributed by atoms with Crippen molar-refractivity contribution in [2.45, 2.75) is 72.0 Å². The van der Waals surface area contributed by atoms with Crippen molar-refractivity contribution >= 4 is 17.7 Å². The maximum Gasteiger partial charge on any atom is 0.352 e. The van der Waals surface area contributed by atoms with Crippen molar-refractivity contribution in [3.8, 4) is 0 Å². The molecule has 5 unspecified atom stereocenters. The molecule has 2 aliphatic rings. The third kappa shape index (κ3) is 6.92. The summed E-state index contributed by atoms with van der Waals surface area (Å²) in [6.07, 6.45) is 9.09. The lowest BCUT2D eigenvalue weighted by atomic mass is 9.58. The van der Waals surface area contributed by atoms with E-state index in [1.54, 1.807) is 19.2 Å². The molecule has 1 aliphatic carbocycles. The first-order chi connectivity index (χ1) is 16.5. The van der Waals surface area contributed by atoms with Crippen LogP contribution in [0.4, 0.5) is 0 Å². The number of allylic oxidation sites excluding steroid dienone is 3. The Morgan fingerprint density at radius 1 is 1.31 bits per heavy atom. The second-order valence-electron chi connectivity index (χ2n) is 9.65. The molecule has 6 atom stereocenters. The first-order valence-electron chi connectivity index (χ1n) is 12.3. The van der Waals surface area contributed by atoms with Crippen molar-refractivity contribution in [3.05, 3.63) is 47.8 Å². The van der Waals surface area contributed by atoms with E-state index in [0.29, 0.717) is 19.3 Å². The molecule has 0 fully saturated rings. The Hall–Kier alpha value is -2.71. The molecule has 0 radical (unpaired) electrons. The lowest BCUT2D eigenvalue weighted by Gasteiger charge is -2.44. The van der Waals surface area contributed by atoms with Gasteiger partial charge in [-0.15, -0.1) is 0 Å². The zero-order chi connectivity index (χ0) is 26.2. The minimum atomic E-state index is -0.921. The third-order valence-electron chi connectivity index (χ3n) is 7.12. The number of Topliss-reactive ketones (excluding diaryl/α,β-unsaturated/α-hetero) is 1. The molecule has 3 rings (SSSR count). The highest BCUT2D eigenvalue weighted by atomic mass is 16.6. The molecule has 2 heterocycles. The number of aromatic carboxylic acids is 1. The Morgan fingerprint density at radius 3 is 2.57 bits per heavy atom. The summed E-state index contributed by atoms with van der Waals surface area (Å²) in [5.41, 5.74) is 0.561. The summed E-state index contributed by atoms with van der Waals surface area (Å²) in [5, 5.41) is 27.7. The van der Waals surface area contributed by atoms with Crippen LogP contribution in [0.3, 0.4) is 0 Å². The fourth-order valence-corrected chi connectivity index (χ4v) is 5.25. The van der Waals surface area contributed by atoms with Gasteiger partial charge in [-0.25, -0.2) is 4.79 Å². The molecule has 0 saturated carbocycles. The normalized spacial score (nSPS) is 29.8. The van der Waals surface area contributed by atoms with Crippen LogP contribution in [0, 0.1) is 23.2 Å². The van der Waals surface area contributed by atoms with E-state index in [0.717, 1.165) is 12.0 Å². The number of aromatic nitrogens is 1. The summed E-state index contributed by atoms with van der Waals surface area (Å²) in [6, 6.07) is 3.14. The highest BCUT2D eigenvalue weighted by Crippen LogP contribution is 2.49. The summed E-state index contributed by atoms with van der Waals surface area (Å²) in [4.78, 5) is 38.5. The fourth-order valence-electron chi connectivity index (χ4n) is 5.25. The molecule has 35 heavy (non-hydrogen) atoms. The number of hydrogen-bond acceptors (Lipinski definition) is 6. The molecule has 8 nitrogen and oxygen atoms in total. The molecular weight excluding hydrogens is 450 g/mol. The van der Waals surface area contributed by atoms with Crippen LogP contribution >= 0.6 is 0 Å². The second-order valence-corrected chi connectivity index (χ2v) is 9.65. The summed E-state index contributed by atoms with van der Waals surface area (Å²) in [6.45, 7) is 7.40. The maximum atomic E-state index is 13.6. The maximum absolute atomic E-state index is 13.6. The molecule has 1 aromatic heterocycles. The topological polar surface area (TPSA) is 137 Å². The predicted octanol–water partition coefficient (Wildman–Crippen LogP) is 3.91. The molecule has 0 amide bonds. The first-order valence-corrected chi connectivity index (χ1v) is 12.3. The molecule has 0 bridgehead atoms. The molecule has 1 aliphatic heterocycles. The number of aromatic amines is 1. The number of rotatable bonds is 6. The molecule has 4 N–H and O–H groups in total. The average Bonchev–Trinajstić information content (AvgIpc) is 3.36. The van der Waals surface area contributed by atoms with Crippen LogP contribution < -0.4 is 0 Å². The Bertz CT molecular complexity index is 918. The lowest BCUT2D eigenvalue weighted by molar-refractivity contribution is -0.158. The summed E-state index contributed by atoms with van der Waals surface area (Å²) < 4.78 is 5.53. The number of carbonyl (C=O) groups excluding carboxylic acids is 2. The zero-order valence-corrected chi connectivity index (χ0v) is 21.1. The number of aliphatic hydroxyl groups is 2. The van der Waals surface area contributed by atoms with E-state index in [9.17, 15) is 24.6 Å². The van der Waals surface area contributed by atoms with Crippen LogP contribution in [0.2, 0.25) is 0 Å². The number of ether oxygens (including phenoxy) is 1. The van der Waals surface area contributed by atoms with Crippen molar-refractivity contribution in [1.82, 2.24) is 4.98 Å². The van der Waals surface area contributed by atoms with Crippen LogP contribution in [-0.4, -0.2) is 56.8 Å². The molecule has 1 aromatic rings. The van der Waals surface area contributed by atoms with Gasteiger partial charge in [0.15, 0.2) is 0 Å². The van der Waals surface area contributed by atoms with Crippen molar-refractivity contribution in [2.75, 3.05) is 6.61 Å². The third-order valence-corrected chi connectivity index (χ3v) is 7.12. The quantitative estimate of drug-likeness (QED) is 0.351. The summed E-state index contributed by atoms with van der Waals surface area (Å²) >= 11 is 0. The lowest BCUT2D eigenvalue weighted by Crippen LogP contribution is -2.45. The monoisotopic (exact) mass is 489 g/mol. The van der Waals surface area contributed by atoms with Gasteiger partial charge in [-0.05, 0) is 57.6 Å². The fraction of sp³-hybridized carbons (Fsp3) is 0.593. The van der Waals surface area contributed by atoms with Gasteiger partial charge in [0.2, 0.25) is 0 Å². The largest absolute Gasteiger partial charge is 0.477 e. The van der Waals surface area contributed by atoms with Gasteiger partial charge in [-0.2, -0.15) is 0 Å². The van der Waals surface area contributed by atoms with Gasteiger partial charge in [0.05, 0.1) is 11.5 Å². The second kappa shape index (κ2) is 12.8. The van der Waals surface area contributed by atoms with E-state index in [-0.39, 0.29) is 48.2 Å². The number of esters is 1. The number of H-pyrrole nitrogens is 1. The minimum absolute atomic E-state index is 0.0148. The highest BCUT2D eigenvalue weighted by molar-refractivity contribution is 5.90. The number of aliphatic hydroxyl groups excluding tert-OH is 2. The molecule has 0 aromatic carbocycles. The Balaban J connectivity index is 0.000000456. The van der Waals surface area contributed by atoms with Gasteiger partial charge in [0.1, 0.15) is 17.6 Å². The number of cyclic esters (lactones) is 1. The minimum Gasteiger partial charge on any atom is -0.477 e. The first kappa shape index (κ1) is 28.5. The van der Waals surface area contributed by atoms with Crippen LogP contribution in [0.5, 0.6) is 0 Å². The van der Waals surface area contributed by atoms with Crippen LogP contribution in [0.15, 0.2) is 42.1 Å². The van der Waals surface area contributed by atoms with Crippen molar-refractivity contribution in [3.63, 3.8) is 0 Å². The Kier molecular flexibility index (Phi) is 10.5. The highest BCUT2D eigenvalue weighted by Gasteiger charge is 2.48. The average molecular weight is 490 g/mol. The van der Waals surface area contributed by atoms with Crippen LogP contribution in [-0.2, 0) is 14.3 Å². The SMILES string of the molecule is C/C1=C\C(C)C(C(C)O)OC(=O)CCC2C=CCCC12C(=O)[C@@H](C)CCO.O=C(O)c1ccc[nH]1. The number of hydrogen-bond donors (Lipinski definition) is 4. The summed E-state index contributed by atoms with van der Waals surface area (Å²) in [5.74, 6) is -1.60. The van der Waals surface area contributed by atoms with Gasteiger partial charge < -0.3 is 25.0 Å². The van der Waals surface area contributed by atoms with E-state index in [4.69, 9.17) is 9.84 Å². The number of fused-ring (bicyclic) bond motifs is 1. The number of nitrogens with one attached hydrogen (secondary N) is 1. The Morgan fingerprint density at radius 2 is 2.03 bits per heavy atom. The number of carboxylic acids is 1. The summed E-state index contributed by atoms with van der Waals surface area (Å²) in [7, 11) is 0. The number of carboxylic acid groups (broad SMARTS) is 1. The standard InChI is InChI=1S/C22H34O5.C5H5NO2/c1-14(10-12-23)21(26)22-11-6-5-7-18(22)8-9-19(25)27-20(17(4)24)15(2)13-16(22)3;7-5(8)4-2-1-3-6-4/h5,7,13-15,17-18,20,23-24H,6,8-12H2,1-4H3;1-3,6H,(H,7,8)/b16-13+;/t14-,15?,17?,18?,20?,22?;/m0./s1. The molecule has 0 spiro atoms. The van der Waals surface area contributed by atoms with Gasteiger partial charge in [0, 0.05) is 31.1 Å². The van der Waals surface area contributed by atoms with Gasteiger partial charge >= 0.3 is 11.9 Å². The van der Waals surface area contributed by atoms with Gasteiger partial charge in [-0.3, -0.25) is 9.59 Å². The molecule has 0 saturated heterocycles. The molecular formula is C27H39NO7. The van der Waals surface area contributed by atoms with E-state index in [2.05, 4.69) is 17.1 Å². The zero-order valence-electron chi connectivity index (χ0n) is 21.1. The molecule has 8 heteroatoms. The van der Waals surface area contributed by atoms with E-state index in [1.807, 2.05) is 26.8 Å².